The van der Waals surface area contributed by atoms with Gasteiger partial charge in [0.05, 0.1) is 9.82 Å². The first-order chi connectivity index (χ1) is 11.4. The summed E-state index contributed by atoms with van der Waals surface area (Å²) in [7, 11) is -3.79. The van der Waals surface area contributed by atoms with E-state index >= 15 is 0 Å². The number of nitro groups is 1. The molecule has 1 aromatic carbocycles. The normalized spacial score (nSPS) is 15.8. The molecule has 1 fully saturated rings. The fraction of sp³-hybridized carbons (Fsp3) is 0.500. The molecule has 1 aromatic rings. The van der Waals surface area contributed by atoms with Gasteiger partial charge in [-0.15, -0.1) is 0 Å². The fourth-order valence-electron chi connectivity index (χ4n) is 2.38. The lowest BCUT2D eigenvalue weighted by Crippen LogP contribution is -2.36. The van der Waals surface area contributed by atoms with Crippen LogP contribution in [0.5, 0.6) is 0 Å². The quantitative estimate of drug-likeness (QED) is 0.550. The van der Waals surface area contributed by atoms with Crippen molar-refractivity contribution in [1.82, 2.24) is 14.9 Å². The highest BCUT2D eigenvalue weighted by molar-refractivity contribution is 7.89. The van der Waals surface area contributed by atoms with E-state index in [0.29, 0.717) is 13.1 Å². The van der Waals surface area contributed by atoms with Crippen LogP contribution in [-0.2, 0) is 14.8 Å². The van der Waals surface area contributed by atoms with Crippen LogP contribution in [0.4, 0.5) is 5.69 Å². The van der Waals surface area contributed by atoms with Crippen molar-refractivity contribution in [2.75, 3.05) is 32.7 Å². The summed E-state index contributed by atoms with van der Waals surface area (Å²) in [4.78, 5) is 23.7. The highest BCUT2D eigenvalue weighted by atomic mass is 32.2. The monoisotopic (exact) mass is 356 g/mol. The minimum absolute atomic E-state index is 0.0118. The molecule has 132 valence electrons. The largest absolute Gasteiger partial charge is 0.341 e. The van der Waals surface area contributed by atoms with Crippen LogP contribution in [0.2, 0.25) is 0 Å². The minimum atomic E-state index is -3.79. The van der Waals surface area contributed by atoms with E-state index in [-0.39, 0.29) is 29.5 Å². The molecule has 0 saturated carbocycles. The molecule has 0 radical (unpaired) electrons. The molecule has 0 aliphatic carbocycles. The second-order valence-corrected chi connectivity index (χ2v) is 7.15. The number of sulfonamides is 1. The number of amides is 1. The maximum absolute atomic E-state index is 12.1. The van der Waals surface area contributed by atoms with Crippen LogP contribution in [0.25, 0.3) is 0 Å². The fourth-order valence-corrected chi connectivity index (χ4v) is 3.41. The number of nitrogens with one attached hydrogen (secondary N) is 2. The molecule has 2 N–H and O–H groups in total. The molecule has 1 saturated heterocycles. The van der Waals surface area contributed by atoms with E-state index in [4.69, 9.17) is 0 Å². The van der Waals surface area contributed by atoms with Crippen LogP contribution in [-0.4, -0.2) is 56.9 Å². The molecule has 0 unspecified atom stereocenters. The lowest BCUT2D eigenvalue weighted by molar-refractivity contribution is -0.384. The Morgan fingerprint density at radius 1 is 1.25 bits per heavy atom. The number of benzene rings is 1. The number of rotatable bonds is 6. The summed E-state index contributed by atoms with van der Waals surface area (Å²) >= 11 is 0. The molecular formula is C14H20N4O5S. The number of hydrogen-bond donors (Lipinski definition) is 2. The topological polar surface area (TPSA) is 122 Å². The lowest BCUT2D eigenvalue weighted by Gasteiger charge is -2.19. The lowest BCUT2D eigenvalue weighted by atomic mass is 10.3. The van der Waals surface area contributed by atoms with Crippen molar-refractivity contribution in [2.24, 2.45) is 0 Å². The first kappa shape index (κ1) is 18.3. The van der Waals surface area contributed by atoms with E-state index in [0.717, 1.165) is 31.6 Å². The molecule has 10 heteroatoms. The second-order valence-electron chi connectivity index (χ2n) is 5.38. The number of hydrogen-bond acceptors (Lipinski definition) is 6. The third-order valence-corrected chi connectivity index (χ3v) is 5.16. The molecular weight excluding hydrogens is 336 g/mol. The summed E-state index contributed by atoms with van der Waals surface area (Å²) in [6.07, 6.45) is 0.951. The molecule has 0 atom stereocenters. The first-order valence-corrected chi connectivity index (χ1v) is 9.11. The van der Waals surface area contributed by atoms with Gasteiger partial charge in [0.15, 0.2) is 0 Å². The standard InChI is InChI=1S/C14H20N4O5S/c19-14(17-10-1-7-15-9-11-17)6-8-16-24(22,23)13-4-2-12(3-5-13)18(20)21/h2-5,15-16H,1,6-11H2. The van der Waals surface area contributed by atoms with Gasteiger partial charge in [0.2, 0.25) is 15.9 Å². The van der Waals surface area contributed by atoms with Gasteiger partial charge < -0.3 is 10.2 Å². The van der Waals surface area contributed by atoms with E-state index in [1.54, 1.807) is 4.90 Å². The van der Waals surface area contributed by atoms with Gasteiger partial charge in [0, 0.05) is 44.7 Å². The van der Waals surface area contributed by atoms with Crippen LogP contribution in [0.3, 0.4) is 0 Å². The molecule has 2 rings (SSSR count). The van der Waals surface area contributed by atoms with Crippen molar-refractivity contribution < 1.29 is 18.1 Å². The Morgan fingerprint density at radius 2 is 1.96 bits per heavy atom. The van der Waals surface area contributed by atoms with Crippen LogP contribution in [0.1, 0.15) is 12.8 Å². The van der Waals surface area contributed by atoms with E-state index in [2.05, 4.69) is 10.0 Å². The Balaban J connectivity index is 1.87. The number of nitro benzene ring substituents is 1. The van der Waals surface area contributed by atoms with Gasteiger partial charge in [-0.1, -0.05) is 0 Å². The van der Waals surface area contributed by atoms with Gasteiger partial charge >= 0.3 is 0 Å². The van der Waals surface area contributed by atoms with Crippen LogP contribution in [0.15, 0.2) is 29.2 Å². The summed E-state index contributed by atoms with van der Waals surface area (Å²) < 4.78 is 26.6. The number of nitrogens with zero attached hydrogens (tertiary/aromatic N) is 2. The average molecular weight is 356 g/mol. The Bertz CT molecular complexity index is 682. The number of non-ortho nitro benzene ring substituents is 1. The molecule has 0 aromatic heterocycles. The maximum Gasteiger partial charge on any atom is 0.269 e. The smallest absolute Gasteiger partial charge is 0.269 e. The molecule has 1 amide bonds. The molecule has 1 heterocycles. The Labute approximate surface area is 140 Å². The minimum Gasteiger partial charge on any atom is -0.341 e. The van der Waals surface area contributed by atoms with E-state index < -0.39 is 14.9 Å². The van der Waals surface area contributed by atoms with Crippen molar-refractivity contribution in [2.45, 2.75) is 17.7 Å². The molecule has 0 spiro atoms. The summed E-state index contributed by atoms with van der Waals surface area (Å²) in [5.74, 6) is -0.0925. The Hall–Kier alpha value is -2.04. The van der Waals surface area contributed by atoms with Gasteiger partial charge in [0.1, 0.15) is 0 Å². The first-order valence-electron chi connectivity index (χ1n) is 7.63. The van der Waals surface area contributed by atoms with E-state index in [1.165, 1.54) is 12.1 Å². The van der Waals surface area contributed by atoms with Crippen LogP contribution >= 0.6 is 0 Å². The second kappa shape index (κ2) is 8.18. The third kappa shape index (κ3) is 4.98. The zero-order valence-electron chi connectivity index (χ0n) is 13.1. The average Bonchev–Trinajstić information content (AvgIpc) is 2.84. The zero-order valence-corrected chi connectivity index (χ0v) is 13.9. The predicted octanol–water partition coefficient (Wildman–Crippen LogP) is 0.0851. The number of carbonyl (C=O) groups excluding carboxylic acids is 1. The van der Waals surface area contributed by atoms with Crippen LogP contribution in [0, 0.1) is 10.1 Å². The molecule has 0 bridgehead atoms. The Morgan fingerprint density at radius 3 is 2.62 bits per heavy atom. The van der Waals surface area contributed by atoms with E-state index in [9.17, 15) is 23.3 Å². The van der Waals surface area contributed by atoms with Crippen molar-refractivity contribution in [3.63, 3.8) is 0 Å². The van der Waals surface area contributed by atoms with Crippen molar-refractivity contribution in [3.05, 3.63) is 34.4 Å². The molecule has 1 aliphatic rings. The number of carbonyl (C=O) groups is 1. The summed E-state index contributed by atoms with van der Waals surface area (Å²) in [6, 6.07) is 4.60. The van der Waals surface area contributed by atoms with Crippen molar-refractivity contribution in [3.8, 4) is 0 Å². The summed E-state index contributed by atoms with van der Waals surface area (Å²) in [6.45, 7) is 2.88. The summed E-state index contributed by atoms with van der Waals surface area (Å²) in [5, 5.41) is 13.8. The highest BCUT2D eigenvalue weighted by Gasteiger charge is 2.18. The molecule has 24 heavy (non-hydrogen) atoms. The zero-order chi connectivity index (χ0) is 17.6. The SMILES string of the molecule is O=C(CCNS(=O)(=O)c1ccc([N+](=O)[O-])cc1)N1CCCNCC1. The van der Waals surface area contributed by atoms with E-state index in [1.807, 2.05) is 0 Å². The molecule has 9 nitrogen and oxygen atoms in total. The van der Waals surface area contributed by atoms with Gasteiger partial charge in [-0.25, -0.2) is 13.1 Å². The third-order valence-electron chi connectivity index (χ3n) is 3.68. The van der Waals surface area contributed by atoms with Gasteiger partial charge in [-0.05, 0) is 25.1 Å². The predicted molar refractivity (Wildman–Crippen MR) is 87.0 cm³/mol. The van der Waals surface area contributed by atoms with Crippen molar-refractivity contribution >= 4 is 21.6 Å². The maximum atomic E-state index is 12.1. The Kier molecular flexibility index (Phi) is 6.23. The van der Waals surface area contributed by atoms with Crippen molar-refractivity contribution in [1.29, 1.82) is 0 Å². The van der Waals surface area contributed by atoms with Gasteiger partial charge in [-0.3, -0.25) is 14.9 Å². The highest BCUT2D eigenvalue weighted by Crippen LogP contribution is 2.15. The molecule has 1 aliphatic heterocycles. The summed E-state index contributed by atoms with van der Waals surface area (Å²) in [5.41, 5.74) is -0.182. The van der Waals surface area contributed by atoms with Gasteiger partial charge in [0.25, 0.3) is 5.69 Å². The van der Waals surface area contributed by atoms with Crippen LogP contribution < -0.4 is 10.0 Å². The van der Waals surface area contributed by atoms with Gasteiger partial charge in [-0.2, -0.15) is 0 Å².